The zero-order valence-electron chi connectivity index (χ0n) is 14.3. The van der Waals surface area contributed by atoms with Crippen molar-refractivity contribution in [2.45, 2.75) is 26.3 Å². The molecule has 1 aromatic rings. The molecule has 0 aliphatic carbocycles. The van der Waals surface area contributed by atoms with E-state index in [1.807, 2.05) is 12.1 Å². The number of methoxy groups -OCH3 is 2. The van der Waals surface area contributed by atoms with Crippen molar-refractivity contribution in [2.24, 2.45) is 5.92 Å². The molecule has 1 heterocycles. The highest BCUT2D eigenvalue weighted by molar-refractivity contribution is 7.86. The molecule has 7 heteroatoms. The zero-order valence-corrected chi connectivity index (χ0v) is 15.1. The Labute approximate surface area is 139 Å². The van der Waals surface area contributed by atoms with Crippen molar-refractivity contribution >= 4 is 10.2 Å². The van der Waals surface area contributed by atoms with Crippen LogP contribution in [0.15, 0.2) is 18.2 Å². The zero-order chi connectivity index (χ0) is 17.0. The smallest absolute Gasteiger partial charge is 0.282 e. The van der Waals surface area contributed by atoms with Crippen molar-refractivity contribution in [1.29, 1.82) is 0 Å². The number of hydrogen-bond donors (Lipinski definition) is 0. The van der Waals surface area contributed by atoms with E-state index in [1.54, 1.807) is 31.6 Å². The van der Waals surface area contributed by atoms with Gasteiger partial charge in [-0.3, -0.25) is 0 Å². The van der Waals surface area contributed by atoms with Gasteiger partial charge in [0.05, 0.1) is 14.2 Å². The maximum atomic E-state index is 12.8. The normalized spacial score (nSPS) is 19.8. The van der Waals surface area contributed by atoms with E-state index < -0.39 is 10.2 Å². The minimum absolute atomic E-state index is 0.244. The van der Waals surface area contributed by atoms with Crippen LogP contribution in [0.25, 0.3) is 0 Å². The van der Waals surface area contributed by atoms with Crippen molar-refractivity contribution < 1.29 is 17.9 Å². The minimum atomic E-state index is -3.47. The summed E-state index contributed by atoms with van der Waals surface area (Å²) in [6.07, 6.45) is 2.00. The molecular formula is C16H26N2O4S. The summed E-state index contributed by atoms with van der Waals surface area (Å²) in [6.45, 7) is 3.51. The quantitative estimate of drug-likeness (QED) is 0.794. The minimum Gasteiger partial charge on any atom is -0.493 e. The standard InChI is InChI=1S/C16H26N2O4S/c1-13-7-6-10-18(11-13)23(19,20)17(2)12-14-8-5-9-15(21-3)16(14)22-4/h5,8-9,13H,6-7,10-12H2,1-4H3. The molecule has 0 N–H and O–H groups in total. The SMILES string of the molecule is COc1cccc(CN(C)S(=O)(=O)N2CCCC(C)C2)c1OC. The molecule has 0 amide bonds. The van der Waals surface area contributed by atoms with Crippen molar-refractivity contribution in [3.8, 4) is 11.5 Å². The highest BCUT2D eigenvalue weighted by atomic mass is 32.2. The molecule has 0 aromatic heterocycles. The Morgan fingerprint density at radius 1 is 1.30 bits per heavy atom. The number of nitrogens with zero attached hydrogens (tertiary/aromatic N) is 2. The van der Waals surface area contributed by atoms with Gasteiger partial charge in [-0.1, -0.05) is 19.1 Å². The lowest BCUT2D eigenvalue weighted by atomic mass is 10.0. The molecule has 130 valence electrons. The fourth-order valence-electron chi connectivity index (χ4n) is 2.95. The largest absolute Gasteiger partial charge is 0.493 e. The highest BCUT2D eigenvalue weighted by Gasteiger charge is 2.31. The number of ether oxygens (including phenoxy) is 2. The van der Waals surface area contributed by atoms with E-state index in [4.69, 9.17) is 9.47 Å². The molecule has 2 rings (SSSR count). The van der Waals surface area contributed by atoms with E-state index in [-0.39, 0.29) is 6.54 Å². The Kier molecular flexibility index (Phi) is 5.89. The molecule has 0 radical (unpaired) electrons. The van der Waals surface area contributed by atoms with Crippen LogP contribution in [0.5, 0.6) is 11.5 Å². The molecule has 0 saturated carbocycles. The molecule has 1 fully saturated rings. The molecular weight excluding hydrogens is 316 g/mol. The molecule has 23 heavy (non-hydrogen) atoms. The first-order valence-electron chi connectivity index (χ1n) is 7.81. The van der Waals surface area contributed by atoms with Crippen molar-refractivity contribution in [3.63, 3.8) is 0 Å². The van der Waals surface area contributed by atoms with Gasteiger partial charge in [-0.15, -0.1) is 0 Å². The van der Waals surface area contributed by atoms with Crippen LogP contribution in [0.2, 0.25) is 0 Å². The van der Waals surface area contributed by atoms with E-state index >= 15 is 0 Å². The third kappa shape index (κ3) is 3.97. The fraction of sp³-hybridized carbons (Fsp3) is 0.625. The third-order valence-electron chi connectivity index (χ3n) is 4.22. The first-order valence-corrected chi connectivity index (χ1v) is 9.21. The maximum Gasteiger partial charge on any atom is 0.282 e. The number of rotatable bonds is 6. The topological polar surface area (TPSA) is 59.1 Å². The van der Waals surface area contributed by atoms with Gasteiger partial charge in [0.2, 0.25) is 0 Å². The van der Waals surface area contributed by atoms with Crippen molar-refractivity contribution in [1.82, 2.24) is 8.61 Å². The van der Waals surface area contributed by atoms with Gasteiger partial charge in [0, 0.05) is 32.2 Å². The number of hydrogen-bond acceptors (Lipinski definition) is 4. The van der Waals surface area contributed by atoms with Gasteiger partial charge in [0.25, 0.3) is 10.2 Å². The highest BCUT2D eigenvalue weighted by Crippen LogP contribution is 2.32. The predicted octanol–water partition coefficient (Wildman–Crippen LogP) is 2.11. The Hall–Kier alpha value is -1.31. The third-order valence-corrected chi connectivity index (χ3v) is 6.12. The summed E-state index contributed by atoms with van der Waals surface area (Å²) >= 11 is 0. The first-order chi connectivity index (χ1) is 10.9. The lowest BCUT2D eigenvalue weighted by Crippen LogP contribution is -2.46. The van der Waals surface area contributed by atoms with E-state index in [0.29, 0.717) is 30.5 Å². The van der Waals surface area contributed by atoms with Gasteiger partial charge in [-0.2, -0.15) is 17.0 Å². The van der Waals surface area contributed by atoms with Crippen LogP contribution in [0, 0.1) is 5.92 Å². The van der Waals surface area contributed by atoms with E-state index in [1.165, 1.54) is 4.31 Å². The lowest BCUT2D eigenvalue weighted by molar-refractivity contribution is 0.262. The number of para-hydroxylation sites is 1. The molecule has 1 saturated heterocycles. The summed E-state index contributed by atoms with van der Waals surface area (Å²) in [5, 5.41) is 0. The number of benzene rings is 1. The molecule has 1 atom stereocenters. The molecule has 1 unspecified atom stereocenters. The summed E-state index contributed by atoms with van der Waals surface area (Å²) in [7, 11) is 1.26. The summed E-state index contributed by atoms with van der Waals surface area (Å²) in [5.41, 5.74) is 0.781. The summed E-state index contributed by atoms with van der Waals surface area (Å²) < 4.78 is 39.1. The van der Waals surface area contributed by atoms with E-state index in [9.17, 15) is 8.42 Å². The second-order valence-corrected chi connectivity index (χ2v) is 8.06. The monoisotopic (exact) mass is 342 g/mol. The molecule has 1 aromatic carbocycles. The molecule has 1 aliphatic rings. The van der Waals surface area contributed by atoms with Gasteiger partial charge < -0.3 is 9.47 Å². The van der Waals surface area contributed by atoms with Crippen molar-refractivity contribution in [2.75, 3.05) is 34.4 Å². The number of piperidine rings is 1. The molecule has 1 aliphatic heterocycles. The van der Waals surface area contributed by atoms with Crippen LogP contribution in [0.3, 0.4) is 0 Å². The van der Waals surface area contributed by atoms with Gasteiger partial charge >= 0.3 is 0 Å². The fourth-order valence-corrected chi connectivity index (χ4v) is 4.45. The van der Waals surface area contributed by atoms with Crippen LogP contribution in [-0.4, -0.2) is 51.4 Å². The summed E-state index contributed by atoms with van der Waals surface area (Å²) in [4.78, 5) is 0. The second kappa shape index (κ2) is 7.51. The van der Waals surface area contributed by atoms with Gasteiger partial charge in [-0.25, -0.2) is 0 Å². The maximum absolute atomic E-state index is 12.8. The summed E-state index contributed by atoms with van der Waals surface area (Å²) in [5.74, 6) is 1.57. The average molecular weight is 342 g/mol. The predicted molar refractivity (Wildman–Crippen MR) is 89.9 cm³/mol. The van der Waals surface area contributed by atoms with Crippen LogP contribution < -0.4 is 9.47 Å². The van der Waals surface area contributed by atoms with Gasteiger partial charge in [0.15, 0.2) is 11.5 Å². The van der Waals surface area contributed by atoms with Crippen LogP contribution >= 0.6 is 0 Å². The van der Waals surface area contributed by atoms with E-state index in [2.05, 4.69) is 6.92 Å². The molecule has 6 nitrogen and oxygen atoms in total. The first kappa shape index (κ1) is 18.0. The van der Waals surface area contributed by atoms with Crippen LogP contribution in [-0.2, 0) is 16.8 Å². The molecule has 0 bridgehead atoms. The van der Waals surface area contributed by atoms with Crippen LogP contribution in [0.1, 0.15) is 25.3 Å². The Morgan fingerprint density at radius 2 is 2.04 bits per heavy atom. The Bertz CT molecular complexity index is 633. The van der Waals surface area contributed by atoms with Gasteiger partial charge in [0.1, 0.15) is 0 Å². The Balaban J connectivity index is 2.19. The Morgan fingerprint density at radius 3 is 2.65 bits per heavy atom. The van der Waals surface area contributed by atoms with Crippen molar-refractivity contribution in [3.05, 3.63) is 23.8 Å². The summed E-state index contributed by atoms with van der Waals surface area (Å²) in [6, 6.07) is 5.48. The molecule has 0 spiro atoms. The van der Waals surface area contributed by atoms with Crippen LogP contribution in [0.4, 0.5) is 0 Å². The van der Waals surface area contributed by atoms with Gasteiger partial charge in [-0.05, 0) is 24.8 Å². The average Bonchev–Trinajstić information content (AvgIpc) is 2.54. The second-order valence-electron chi connectivity index (χ2n) is 6.02. The lowest BCUT2D eigenvalue weighted by Gasteiger charge is -2.33. The van der Waals surface area contributed by atoms with E-state index in [0.717, 1.165) is 18.4 Å².